The molecule has 0 bridgehead atoms. The molecule has 0 radical (unpaired) electrons. The minimum absolute atomic E-state index is 0.0747. The standard InChI is InChI=1S/C19H32N4O4S2/c1-11(2)10-27-19(26)22-15(24)12-6-8-28-17(12)21-16(25)18-20-13-9-23(3,4)7-5-14(13)29-18/h11-14,17-18,20H,5-10H2,1-4H3,(H-,21,22,24,25,26)/p+1. The van der Waals surface area contributed by atoms with Crippen LogP contribution in [-0.2, 0) is 14.3 Å². The van der Waals surface area contributed by atoms with E-state index < -0.39 is 12.0 Å². The summed E-state index contributed by atoms with van der Waals surface area (Å²) in [7, 11) is 4.45. The van der Waals surface area contributed by atoms with Crippen molar-refractivity contribution in [3.63, 3.8) is 0 Å². The molecule has 3 rings (SSSR count). The second kappa shape index (κ2) is 9.45. The SMILES string of the molecule is CC(C)COC(=O)NC(=O)C1CCSC1NC(=O)C1NC2C[N+](C)(C)CCC2S1. The Morgan fingerprint density at radius 2 is 1.97 bits per heavy atom. The Bertz CT molecular complexity index is 646. The van der Waals surface area contributed by atoms with Crippen molar-refractivity contribution in [3.8, 4) is 0 Å². The molecular formula is C19H33N4O4S2+. The van der Waals surface area contributed by atoms with Crippen molar-refractivity contribution >= 4 is 41.4 Å². The summed E-state index contributed by atoms with van der Waals surface area (Å²) in [5, 5.41) is 8.67. The normalized spacial score (nSPS) is 33.2. The maximum Gasteiger partial charge on any atom is 0.413 e. The van der Waals surface area contributed by atoms with E-state index in [2.05, 4.69) is 30.0 Å². The summed E-state index contributed by atoms with van der Waals surface area (Å²) in [6.07, 6.45) is 1.01. The molecule has 3 N–H and O–H groups in total. The number of likely N-dealkylation sites (tertiary alicyclic amines) is 1. The molecule has 3 aliphatic heterocycles. The minimum atomic E-state index is -0.719. The van der Waals surface area contributed by atoms with E-state index >= 15 is 0 Å². The Morgan fingerprint density at radius 3 is 2.69 bits per heavy atom. The molecule has 0 spiro atoms. The van der Waals surface area contributed by atoms with Gasteiger partial charge in [-0.05, 0) is 18.1 Å². The van der Waals surface area contributed by atoms with Crippen molar-refractivity contribution in [3.05, 3.63) is 0 Å². The first-order chi connectivity index (χ1) is 13.6. The average Bonchev–Trinajstić information content (AvgIpc) is 3.25. The average molecular weight is 446 g/mol. The lowest BCUT2D eigenvalue weighted by atomic mass is 10.0. The van der Waals surface area contributed by atoms with Gasteiger partial charge < -0.3 is 14.5 Å². The highest BCUT2D eigenvalue weighted by molar-refractivity contribution is 8.01. The van der Waals surface area contributed by atoms with Crippen molar-refractivity contribution in [2.45, 2.75) is 48.7 Å². The minimum Gasteiger partial charge on any atom is -0.449 e. The Labute approximate surface area is 181 Å². The van der Waals surface area contributed by atoms with Crippen molar-refractivity contribution in [1.29, 1.82) is 0 Å². The van der Waals surface area contributed by atoms with Crippen LogP contribution in [-0.4, -0.2) is 84.0 Å². The first kappa shape index (κ1) is 22.7. The third-order valence-electron chi connectivity index (χ3n) is 5.56. The zero-order valence-electron chi connectivity index (χ0n) is 17.6. The number of hydrogen-bond acceptors (Lipinski definition) is 7. The van der Waals surface area contributed by atoms with Crippen LogP contribution in [0.5, 0.6) is 0 Å². The quantitative estimate of drug-likeness (QED) is 0.543. The number of piperidine rings is 1. The molecule has 5 unspecified atom stereocenters. The highest BCUT2D eigenvalue weighted by Crippen LogP contribution is 2.36. The van der Waals surface area contributed by atoms with Gasteiger partial charge in [0, 0.05) is 11.7 Å². The van der Waals surface area contributed by atoms with Crippen molar-refractivity contribution in [2.75, 3.05) is 39.5 Å². The zero-order valence-corrected chi connectivity index (χ0v) is 19.2. The third kappa shape index (κ3) is 6.02. The molecule has 3 aliphatic rings. The largest absolute Gasteiger partial charge is 0.449 e. The van der Waals surface area contributed by atoms with Gasteiger partial charge in [0.1, 0.15) is 5.37 Å². The van der Waals surface area contributed by atoms with Gasteiger partial charge in [-0.1, -0.05) is 13.8 Å². The molecular weight excluding hydrogens is 412 g/mol. The number of amides is 3. The lowest BCUT2D eigenvalue weighted by Crippen LogP contribution is -2.57. The molecule has 3 fully saturated rings. The van der Waals surface area contributed by atoms with E-state index in [-0.39, 0.29) is 35.1 Å². The summed E-state index contributed by atoms with van der Waals surface area (Å²) in [6.45, 7) is 6.26. The smallest absolute Gasteiger partial charge is 0.413 e. The molecule has 10 heteroatoms. The number of thioether (sulfide) groups is 2. The molecule has 164 valence electrons. The molecule has 29 heavy (non-hydrogen) atoms. The van der Waals surface area contributed by atoms with Gasteiger partial charge in [-0.2, -0.15) is 0 Å². The number of carbonyl (C=O) groups is 3. The van der Waals surface area contributed by atoms with Crippen molar-refractivity contribution in [2.24, 2.45) is 11.8 Å². The van der Waals surface area contributed by atoms with Crippen molar-refractivity contribution < 1.29 is 23.6 Å². The summed E-state index contributed by atoms with van der Waals surface area (Å²) < 4.78 is 5.99. The second-order valence-electron chi connectivity index (χ2n) is 9.14. The molecule has 0 aliphatic carbocycles. The predicted molar refractivity (Wildman–Crippen MR) is 115 cm³/mol. The van der Waals surface area contributed by atoms with Crippen LogP contribution >= 0.6 is 23.5 Å². The lowest BCUT2D eigenvalue weighted by molar-refractivity contribution is -0.895. The Kier molecular flexibility index (Phi) is 7.40. The van der Waals surface area contributed by atoms with Gasteiger partial charge in [0.05, 0.1) is 51.1 Å². The fourth-order valence-corrected chi connectivity index (χ4v) is 6.70. The summed E-state index contributed by atoms with van der Waals surface area (Å²) >= 11 is 3.25. The lowest BCUT2D eigenvalue weighted by Gasteiger charge is -2.39. The zero-order chi connectivity index (χ0) is 21.2. The predicted octanol–water partition coefficient (Wildman–Crippen LogP) is 0.970. The fraction of sp³-hybridized carbons (Fsp3) is 0.842. The van der Waals surface area contributed by atoms with E-state index in [1.165, 1.54) is 0 Å². The van der Waals surface area contributed by atoms with Gasteiger partial charge in [-0.3, -0.25) is 20.2 Å². The monoisotopic (exact) mass is 445 g/mol. The number of ether oxygens (including phenoxy) is 1. The Balaban J connectivity index is 1.49. The van der Waals surface area contributed by atoms with E-state index in [9.17, 15) is 14.4 Å². The summed E-state index contributed by atoms with van der Waals surface area (Å²) in [5.41, 5.74) is 0. The van der Waals surface area contributed by atoms with Gasteiger partial charge in [0.25, 0.3) is 0 Å². The number of carbonyl (C=O) groups excluding carboxylic acids is 3. The molecule has 0 aromatic rings. The molecule has 0 aromatic carbocycles. The van der Waals surface area contributed by atoms with Crippen LogP contribution in [0.4, 0.5) is 4.79 Å². The molecule has 0 aromatic heterocycles. The Morgan fingerprint density at radius 1 is 1.21 bits per heavy atom. The van der Waals surface area contributed by atoms with E-state index in [1.54, 1.807) is 23.5 Å². The van der Waals surface area contributed by atoms with E-state index in [0.29, 0.717) is 17.7 Å². The number of hydrogen-bond donors (Lipinski definition) is 3. The van der Waals surface area contributed by atoms with Gasteiger partial charge in [0.15, 0.2) is 0 Å². The molecule has 5 atom stereocenters. The maximum absolute atomic E-state index is 12.8. The van der Waals surface area contributed by atoms with E-state index in [1.807, 2.05) is 13.8 Å². The van der Waals surface area contributed by atoms with Crippen LogP contribution in [0.3, 0.4) is 0 Å². The van der Waals surface area contributed by atoms with Gasteiger partial charge in [-0.25, -0.2) is 4.79 Å². The highest BCUT2D eigenvalue weighted by Gasteiger charge is 2.45. The van der Waals surface area contributed by atoms with Crippen LogP contribution in [0.25, 0.3) is 0 Å². The number of alkyl carbamates (subject to hydrolysis) is 1. The number of imide groups is 1. The number of nitrogens with zero attached hydrogens (tertiary/aromatic N) is 1. The van der Waals surface area contributed by atoms with Crippen molar-refractivity contribution in [1.82, 2.24) is 16.0 Å². The molecule has 8 nitrogen and oxygen atoms in total. The highest BCUT2D eigenvalue weighted by atomic mass is 32.2. The molecule has 3 amide bonds. The first-order valence-electron chi connectivity index (χ1n) is 10.3. The molecule has 0 saturated carbocycles. The first-order valence-corrected chi connectivity index (χ1v) is 12.3. The summed E-state index contributed by atoms with van der Waals surface area (Å²) in [6, 6.07) is 0.338. The van der Waals surface area contributed by atoms with E-state index in [4.69, 9.17) is 4.74 Å². The van der Waals surface area contributed by atoms with Crippen LogP contribution in [0.2, 0.25) is 0 Å². The topological polar surface area (TPSA) is 96.5 Å². The number of fused-ring (bicyclic) bond motifs is 1. The third-order valence-corrected chi connectivity index (χ3v) is 8.37. The van der Waals surface area contributed by atoms with Gasteiger partial charge >= 0.3 is 6.09 Å². The molecule has 3 saturated heterocycles. The van der Waals surface area contributed by atoms with Crippen LogP contribution < -0.4 is 16.0 Å². The van der Waals surface area contributed by atoms with Crippen LogP contribution in [0, 0.1) is 11.8 Å². The van der Waals surface area contributed by atoms with Gasteiger partial charge in [0.2, 0.25) is 11.8 Å². The van der Waals surface area contributed by atoms with Crippen LogP contribution in [0.1, 0.15) is 26.7 Å². The van der Waals surface area contributed by atoms with Crippen LogP contribution in [0.15, 0.2) is 0 Å². The number of rotatable bonds is 5. The van der Waals surface area contributed by atoms with Gasteiger partial charge in [-0.15, -0.1) is 23.5 Å². The number of quaternary nitrogens is 1. The number of nitrogens with one attached hydrogen (secondary N) is 3. The van der Waals surface area contributed by atoms with E-state index in [0.717, 1.165) is 29.7 Å². The maximum atomic E-state index is 12.8. The second-order valence-corrected chi connectivity index (χ2v) is 11.7. The summed E-state index contributed by atoms with van der Waals surface area (Å²) in [5.74, 6) is 0.0870. The Hall–Kier alpha value is -0.970. The number of likely N-dealkylation sites (N-methyl/N-ethyl adjacent to an activating group) is 1. The summed E-state index contributed by atoms with van der Waals surface area (Å²) in [4.78, 5) is 37.1. The fourth-order valence-electron chi connectivity index (χ4n) is 3.98. The molecule has 3 heterocycles.